The fourth-order valence-corrected chi connectivity index (χ4v) is 5.08. The molecule has 1 aromatic heterocycles. The summed E-state index contributed by atoms with van der Waals surface area (Å²) >= 11 is 1.70. The van der Waals surface area contributed by atoms with E-state index in [2.05, 4.69) is 30.9 Å². The van der Waals surface area contributed by atoms with E-state index in [1.807, 2.05) is 18.2 Å². The monoisotopic (exact) mass is 380 g/mol. The summed E-state index contributed by atoms with van der Waals surface area (Å²) in [5.74, 6) is -0.126. The van der Waals surface area contributed by atoms with Gasteiger partial charge in [0, 0.05) is 23.9 Å². The Morgan fingerprint density at radius 1 is 1.15 bits per heavy atom. The third-order valence-electron chi connectivity index (χ3n) is 5.28. The first-order chi connectivity index (χ1) is 13.1. The van der Waals surface area contributed by atoms with Crippen LogP contribution in [0.4, 0.5) is 9.39 Å². The van der Waals surface area contributed by atoms with Gasteiger partial charge in [-0.15, -0.1) is 11.3 Å². The number of morpholine rings is 1. The maximum absolute atomic E-state index is 13.4. The minimum Gasteiger partial charge on any atom is -0.378 e. The maximum atomic E-state index is 13.4. The van der Waals surface area contributed by atoms with Gasteiger partial charge >= 0.3 is 0 Å². The Morgan fingerprint density at radius 2 is 1.85 bits per heavy atom. The summed E-state index contributed by atoms with van der Waals surface area (Å²) in [5, 5.41) is 12.9. The van der Waals surface area contributed by atoms with E-state index in [4.69, 9.17) is 4.74 Å². The molecule has 1 unspecified atom stereocenters. The van der Waals surface area contributed by atoms with E-state index < -0.39 is 0 Å². The summed E-state index contributed by atoms with van der Waals surface area (Å²) in [6, 6.07) is 13.4. The average Bonchev–Trinajstić information content (AvgIpc) is 3.04. The molecule has 138 valence electrons. The van der Waals surface area contributed by atoms with Gasteiger partial charge in [-0.05, 0) is 41.0 Å². The van der Waals surface area contributed by atoms with E-state index in [0.717, 1.165) is 45.6 Å². The standard InChI is InChI=1S/C22H21FN2OS/c1-14(16-3-4-18-12-19(23)6-5-17(18)11-16)21-15(2)27-22(20(21)13-24)25-7-9-26-10-8-25/h3-6,11-12,14H,7-10H2,1-2H3. The Labute approximate surface area is 162 Å². The zero-order valence-electron chi connectivity index (χ0n) is 15.5. The predicted molar refractivity (Wildman–Crippen MR) is 108 cm³/mol. The van der Waals surface area contributed by atoms with Crippen molar-refractivity contribution < 1.29 is 9.13 Å². The van der Waals surface area contributed by atoms with Crippen molar-refractivity contribution >= 4 is 27.1 Å². The van der Waals surface area contributed by atoms with Crippen LogP contribution in [0.15, 0.2) is 36.4 Å². The lowest BCUT2D eigenvalue weighted by atomic mass is 9.89. The third-order valence-corrected chi connectivity index (χ3v) is 6.46. The summed E-state index contributed by atoms with van der Waals surface area (Å²) in [7, 11) is 0. The SMILES string of the molecule is Cc1sc(N2CCOCC2)c(C#N)c1C(C)c1ccc2cc(F)ccc2c1. The molecule has 2 aromatic carbocycles. The number of halogens is 1. The summed E-state index contributed by atoms with van der Waals surface area (Å²) in [6.07, 6.45) is 0. The van der Waals surface area contributed by atoms with Gasteiger partial charge in [-0.3, -0.25) is 0 Å². The first-order valence-electron chi connectivity index (χ1n) is 9.14. The number of rotatable bonds is 3. The highest BCUT2D eigenvalue weighted by atomic mass is 32.1. The Hall–Kier alpha value is -2.42. The normalized spacial score (nSPS) is 15.7. The van der Waals surface area contributed by atoms with Crippen LogP contribution in [0.2, 0.25) is 0 Å². The van der Waals surface area contributed by atoms with Crippen LogP contribution in [0.1, 0.15) is 34.4 Å². The summed E-state index contributed by atoms with van der Waals surface area (Å²) < 4.78 is 18.9. The number of anilines is 1. The Balaban J connectivity index is 1.75. The van der Waals surface area contributed by atoms with Crippen molar-refractivity contribution in [2.75, 3.05) is 31.2 Å². The fourth-order valence-electron chi connectivity index (χ4n) is 3.83. The Morgan fingerprint density at radius 3 is 2.59 bits per heavy atom. The summed E-state index contributed by atoms with van der Waals surface area (Å²) in [4.78, 5) is 3.44. The number of nitrogens with zero attached hydrogens (tertiary/aromatic N) is 2. The van der Waals surface area contributed by atoms with Gasteiger partial charge in [0.2, 0.25) is 0 Å². The third kappa shape index (κ3) is 3.31. The minimum absolute atomic E-state index is 0.0974. The lowest BCUT2D eigenvalue weighted by molar-refractivity contribution is 0.123. The molecule has 0 aliphatic carbocycles. The first-order valence-corrected chi connectivity index (χ1v) is 9.95. The molecule has 1 saturated heterocycles. The molecule has 4 rings (SSSR count). The molecule has 0 radical (unpaired) electrons. The molecular weight excluding hydrogens is 359 g/mol. The van der Waals surface area contributed by atoms with Gasteiger partial charge in [-0.1, -0.05) is 31.2 Å². The van der Waals surface area contributed by atoms with Crippen LogP contribution >= 0.6 is 11.3 Å². The topological polar surface area (TPSA) is 36.3 Å². The zero-order chi connectivity index (χ0) is 19.0. The van der Waals surface area contributed by atoms with Gasteiger partial charge in [0.25, 0.3) is 0 Å². The second-order valence-electron chi connectivity index (χ2n) is 6.94. The molecule has 2 heterocycles. The second-order valence-corrected chi connectivity index (χ2v) is 8.14. The lowest BCUT2D eigenvalue weighted by Gasteiger charge is -2.27. The van der Waals surface area contributed by atoms with Crippen LogP contribution in [0.5, 0.6) is 0 Å². The number of hydrogen-bond acceptors (Lipinski definition) is 4. The van der Waals surface area contributed by atoms with Gasteiger partial charge < -0.3 is 9.64 Å². The van der Waals surface area contributed by atoms with Crippen molar-refractivity contribution in [1.82, 2.24) is 0 Å². The molecule has 0 saturated carbocycles. The van der Waals surface area contributed by atoms with Crippen molar-refractivity contribution in [2.45, 2.75) is 19.8 Å². The average molecular weight is 380 g/mol. The van der Waals surface area contributed by atoms with E-state index in [1.54, 1.807) is 17.4 Å². The van der Waals surface area contributed by atoms with Crippen LogP contribution in [-0.4, -0.2) is 26.3 Å². The van der Waals surface area contributed by atoms with Gasteiger partial charge in [0.1, 0.15) is 16.9 Å². The van der Waals surface area contributed by atoms with Crippen molar-refractivity contribution in [3.63, 3.8) is 0 Å². The van der Waals surface area contributed by atoms with Crippen molar-refractivity contribution in [2.24, 2.45) is 0 Å². The number of ether oxygens (including phenoxy) is 1. The minimum atomic E-state index is -0.223. The Kier molecular flexibility index (Phi) is 4.86. The van der Waals surface area contributed by atoms with Crippen LogP contribution in [0.25, 0.3) is 10.8 Å². The number of thiophene rings is 1. The van der Waals surface area contributed by atoms with Crippen LogP contribution in [0, 0.1) is 24.1 Å². The number of aryl methyl sites for hydroxylation is 1. The van der Waals surface area contributed by atoms with Crippen LogP contribution in [0.3, 0.4) is 0 Å². The maximum Gasteiger partial charge on any atom is 0.123 e. The Bertz CT molecular complexity index is 1030. The molecule has 3 aromatic rings. The molecule has 1 aliphatic rings. The number of benzene rings is 2. The van der Waals surface area contributed by atoms with Gasteiger partial charge in [-0.2, -0.15) is 5.26 Å². The van der Waals surface area contributed by atoms with Crippen molar-refractivity contribution in [1.29, 1.82) is 5.26 Å². The molecule has 1 aliphatic heterocycles. The largest absolute Gasteiger partial charge is 0.378 e. The molecule has 1 fully saturated rings. The predicted octanol–water partition coefficient (Wildman–Crippen LogP) is 5.21. The summed E-state index contributed by atoms with van der Waals surface area (Å²) in [5.41, 5.74) is 3.02. The quantitative estimate of drug-likeness (QED) is 0.626. The second kappa shape index (κ2) is 7.30. The smallest absolute Gasteiger partial charge is 0.123 e. The molecule has 0 spiro atoms. The molecule has 0 bridgehead atoms. The highest BCUT2D eigenvalue weighted by Crippen LogP contribution is 2.42. The molecule has 1 atom stereocenters. The highest BCUT2D eigenvalue weighted by Gasteiger charge is 2.25. The molecule has 0 N–H and O–H groups in total. The van der Waals surface area contributed by atoms with E-state index in [1.165, 1.54) is 10.9 Å². The molecule has 0 amide bonds. The van der Waals surface area contributed by atoms with Gasteiger partial charge in [0.15, 0.2) is 0 Å². The molecule has 27 heavy (non-hydrogen) atoms. The zero-order valence-corrected chi connectivity index (χ0v) is 16.3. The van der Waals surface area contributed by atoms with E-state index in [0.29, 0.717) is 13.2 Å². The molecular formula is C22H21FN2OS. The summed E-state index contributed by atoms with van der Waals surface area (Å²) in [6.45, 7) is 7.29. The van der Waals surface area contributed by atoms with Gasteiger partial charge in [-0.25, -0.2) is 4.39 Å². The van der Waals surface area contributed by atoms with Gasteiger partial charge in [0.05, 0.1) is 18.8 Å². The van der Waals surface area contributed by atoms with Crippen LogP contribution < -0.4 is 4.90 Å². The molecule has 3 nitrogen and oxygen atoms in total. The van der Waals surface area contributed by atoms with Crippen molar-refractivity contribution in [3.8, 4) is 6.07 Å². The van der Waals surface area contributed by atoms with Crippen molar-refractivity contribution in [3.05, 3.63) is 63.8 Å². The lowest BCUT2D eigenvalue weighted by Crippen LogP contribution is -2.36. The van der Waals surface area contributed by atoms with Crippen LogP contribution in [-0.2, 0) is 4.74 Å². The van der Waals surface area contributed by atoms with E-state index >= 15 is 0 Å². The highest BCUT2D eigenvalue weighted by molar-refractivity contribution is 7.16. The van der Waals surface area contributed by atoms with E-state index in [9.17, 15) is 9.65 Å². The number of fused-ring (bicyclic) bond motifs is 1. The fraction of sp³-hybridized carbons (Fsp3) is 0.318. The number of nitriles is 1. The molecule has 5 heteroatoms. The van der Waals surface area contributed by atoms with E-state index in [-0.39, 0.29) is 11.7 Å². The first kappa shape index (κ1) is 18.0. The number of hydrogen-bond donors (Lipinski definition) is 0.